The average molecular weight is 313 g/mol. The first-order chi connectivity index (χ1) is 10.9. The molecule has 1 amide bonds. The minimum absolute atomic E-state index is 0.0677. The van der Waals surface area contributed by atoms with Crippen molar-refractivity contribution in [3.8, 4) is 0 Å². The lowest BCUT2D eigenvalue weighted by atomic mass is 9.91. The van der Waals surface area contributed by atoms with E-state index in [1.165, 1.54) is 16.5 Å². The topological polar surface area (TPSA) is 39.3 Å². The van der Waals surface area contributed by atoms with Crippen molar-refractivity contribution < 1.29 is 4.79 Å². The van der Waals surface area contributed by atoms with Gasteiger partial charge in [0.05, 0.1) is 0 Å². The number of amides is 1. The maximum atomic E-state index is 12.3. The monoisotopic (exact) mass is 313 g/mol. The molecule has 0 aliphatic carbocycles. The Morgan fingerprint density at radius 1 is 1.13 bits per heavy atom. The van der Waals surface area contributed by atoms with Crippen molar-refractivity contribution in [2.45, 2.75) is 33.7 Å². The smallest absolute Gasteiger partial charge is 0.223 e. The molecule has 3 rings (SSSR count). The first-order valence-electron chi connectivity index (χ1n) is 8.47. The Hall–Kier alpha value is -1.81. The number of rotatable bonds is 3. The van der Waals surface area contributed by atoms with Crippen molar-refractivity contribution in [1.82, 2.24) is 14.8 Å². The van der Waals surface area contributed by atoms with E-state index in [4.69, 9.17) is 0 Å². The zero-order chi connectivity index (χ0) is 16.4. The predicted molar refractivity (Wildman–Crippen MR) is 94.2 cm³/mol. The minimum atomic E-state index is 0.0677. The molecule has 0 bridgehead atoms. The molecule has 23 heavy (non-hydrogen) atoms. The fraction of sp³-hybridized carbons (Fsp3) is 0.526. The summed E-state index contributed by atoms with van der Waals surface area (Å²) in [5.74, 6) is 0.296. The van der Waals surface area contributed by atoms with E-state index >= 15 is 0 Å². The Kier molecular flexibility index (Phi) is 4.44. The Balaban J connectivity index is 1.56. The van der Waals surface area contributed by atoms with E-state index in [2.05, 4.69) is 61.1 Å². The molecular weight excluding hydrogens is 286 g/mol. The molecule has 1 aromatic heterocycles. The molecule has 1 aromatic carbocycles. The number of fused-ring (bicyclic) bond motifs is 1. The van der Waals surface area contributed by atoms with Gasteiger partial charge in [0.25, 0.3) is 0 Å². The Labute approximate surface area is 138 Å². The number of piperazine rings is 1. The number of aromatic amines is 1. The van der Waals surface area contributed by atoms with Crippen LogP contribution in [0.25, 0.3) is 10.9 Å². The van der Waals surface area contributed by atoms with Gasteiger partial charge in [-0.2, -0.15) is 0 Å². The fourth-order valence-electron chi connectivity index (χ4n) is 3.22. The Morgan fingerprint density at radius 2 is 1.83 bits per heavy atom. The second-order valence-corrected chi connectivity index (χ2v) is 7.75. The Morgan fingerprint density at radius 3 is 2.52 bits per heavy atom. The summed E-state index contributed by atoms with van der Waals surface area (Å²) in [6, 6.07) is 8.43. The highest BCUT2D eigenvalue weighted by Gasteiger charge is 2.25. The van der Waals surface area contributed by atoms with Crippen LogP contribution >= 0.6 is 0 Å². The van der Waals surface area contributed by atoms with Crippen molar-refractivity contribution in [3.63, 3.8) is 0 Å². The third-order valence-electron chi connectivity index (χ3n) is 4.48. The van der Waals surface area contributed by atoms with Gasteiger partial charge in [-0.3, -0.25) is 9.69 Å². The highest BCUT2D eigenvalue weighted by Crippen LogP contribution is 2.22. The molecule has 1 aliphatic heterocycles. The van der Waals surface area contributed by atoms with Gasteiger partial charge >= 0.3 is 0 Å². The van der Waals surface area contributed by atoms with E-state index in [0.717, 1.165) is 32.7 Å². The first-order valence-corrected chi connectivity index (χ1v) is 8.47. The molecule has 4 heteroatoms. The van der Waals surface area contributed by atoms with Gasteiger partial charge in [0, 0.05) is 56.2 Å². The van der Waals surface area contributed by atoms with Crippen LogP contribution in [-0.4, -0.2) is 46.9 Å². The molecule has 0 unspecified atom stereocenters. The summed E-state index contributed by atoms with van der Waals surface area (Å²) in [6.45, 7) is 10.9. The third kappa shape index (κ3) is 3.94. The molecule has 1 aliphatic rings. The van der Waals surface area contributed by atoms with Gasteiger partial charge in [0.2, 0.25) is 5.91 Å². The largest absolute Gasteiger partial charge is 0.361 e. The highest BCUT2D eigenvalue weighted by molar-refractivity contribution is 5.83. The van der Waals surface area contributed by atoms with Crippen molar-refractivity contribution in [2.75, 3.05) is 26.2 Å². The van der Waals surface area contributed by atoms with Gasteiger partial charge < -0.3 is 9.88 Å². The number of nitrogens with one attached hydrogen (secondary N) is 1. The lowest BCUT2D eigenvalue weighted by Gasteiger charge is -2.35. The number of nitrogens with zero attached hydrogens (tertiary/aromatic N) is 2. The summed E-state index contributed by atoms with van der Waals surface area (Å²) < 4.78 is 0. The van der Waals surface area contributed by atoms with Crippen LogP contribution < -0.4 is 0 Å². The van der Waals surface area contributed by atoms with Gasteiger partial charge in [0.1, 0.15) is 0 Å². The molecule has 0 spiro atoms. The van der Waals surface area contributed by atoms with Crippen LogP contribution in [0.3, 0.4) is 0 Å². The lowest BCUT2D eigenvalue weighted by Crippen LogP contribution is -2.48. The molecule has 2 heterocycles. The number of hydrogen-bond acceptors (Lipinski definition) is 2. The zero-order valence-electron chi connectivity index (χ0n) is 14.4. The predicted octanol–water partition coefficient (Wildman–Crippen LogP) is 3.25. The van der Waals surface area contributed by atoms with E-state index in [-0.39, 0.29) is 5.41 Å². The van der Waals surface area contributed by atoms with Gasteiger partial charge in [-0.15, -0.1) is 0 Å². The maximum Gasteiger partial charge on any atom is 0.223 e. The van der Waals surface area contributed by atoms with Gasteiger partial charge in [-0.05, 0) is 17.0 Å². The molecule has 0 saturated carbocycles. The summed E-state index contributed by atoms with van der Waals surface area (Å²) in [7, 11) is 0. The van der Waals surface area contributed by atoms with Crippen LogP contribution in [0.5, 0.6) is 0 Å². The van der Waals surface area contributed by atoms with E-state index in [1.807, 2.05) is 4.90 Å². The van der Waals surface area contributed by atoms with Crippen molar-refractivity contribution in [2.24, 2.45) is 5.41 Å². The quantitative estimate of drug-likeness (QED) is 0.945. The summed E-state index contributed by atoms with van der Waals surface area (Å²) >= 11 is 0. The third-order valence-corrected chi connectivity index (χ3v) is 4.48. The van der Waals surface area contributed by atoms with Gasteiger partial charge in [-0.25, -0.2) is 0 Å². The van der Waals surface area contributed by atoms with Crippen LogP contribution in [0.15, 0.2) is 30.5 Å². The number of H-pyrrole nitrogens is 1. The number of carbonyl (C=O) groups is 1. The molecule has 0 radical (unpaired) electrons. The van der Waals surface area contributed by atoms with Gasteiger partial charge in [0.15, 0.2) is 0 Å². The van der Waals surface area contributed by atoms with Crippen molar-refractivity contribution in [1.29, 1.82) is 0 Å². The molecule has 1 N–H and O–H groups in total. The molecule has 124 valence electrons. The number of carbonyl (C=O) groups excluding carboxylic acids is 1. The molecular formula is C19H27N3O. The Bertz CT molecular complexity index is 675. The molecule has 4 nitrogen and oxygen atoms in total. The normalized spacial score (nSPS) is 16.9. The SMILES string of the molecule is CC(C)(C)CC(=O)N1CCN(Cc2c[nH]c3ccccc23)CC1. The lowest BCUT2D eigenvalue weighted by molar-refractivity contribution is -0.134. The summed E-state index contributed by atoms with van der Waals surface area (Å²) in [5.41, 5.74) is 2.61. The van der Waals surface area contributed by atoms with E-state index < -0.39 is 0 Å². The second-order valence-electron chi connectivity index (χ2n) is 7.75. The highest BCUT2D eigenvalue weighted by atomic mass is 16.2. The first kappa shape index (κ1) is 16.1. The summed E-state index contributed by atoms with van der Waals surface area (Å²) in [4.78, 5) is 20.1. The summed E-state index contributed by atoms with van der Waals surface area (Å²) in [5, 5.41) is 1.30. The second kappa shape index (κ2) is 6.36. The number of para-hydroxylation sites is 1. The fourth-order valence-corrected chi connectivity index (χ4v) is 3.22. The summed E-state index contributed by atoms with van der Waals surface area (Å²) in [6.07, 6.45) is 2.75. The van der Waals surface area contributed by atoms with E-state index in [1.54, 1.807) is 0 Å². The zero-order valence-corrected chi connectivity index (χ0v) is 14.4. The van der Waals surface area contributed by atoms with E-state index in [0.29, 0.717) is 12.3 Å². The molecule has 1 saturated heterocycles. The molecule has 1 fully saturated rings. The van der Waals surface area contributed by atoms with Crippen LogP contribution in [0, 0.1) is 5.41 Å². The van der Waals surface area contributed by atoms with Crippen LogP contribution in [0.2, 0.25) is 0 Å². The van der Waals surface area contributed by atoms with Crippen LogP contribution in [0.4, 0.5) is 0 Å². The number of aromatic nitrogens is 1. The van der Waals surface area contributed by atoms with E-state index in [9.17, 15) is 4.79 Å². The number of hydrogen-bond donors (Lipinski definition) is 1. The number of benzene rings is 1. The molecule has 0 atom stereocenters. The standard InChI is InChI=1S/C19H27N3O/c1-19(2,3)12-18(23)22-10-8-21(9-11-22)14-15-13-20-17-7-5-4-6-16(15)17/h4-7,13,20H,8-12,14H2,1-3H3. The van der Waals surface area contributed by atoms with Crippen molar-refractivity contribution >= 4 is 16.8 Å². The van der Waals surface area contributed by atoms with Gasteiger partial charge in [-0.1, -0.05) is 39.0 Å². The molecule has 2 aromatic rings. The average Bonchev–Trinajstić information content (AvgIpc) is 2.90. The van der Waals surface area contributed by atoms with Crippen LogP contribution in [-0.2, 0) is 11.3 Å². The minimum Gasteiger partial charge on any atom is -0.361 e. The maximum absolute atomic E-state index is 12.3. The van der Waals surface area contributed by atoms with Crippen molar-refractivity contribution in [3.05, 3.63) is 36.0 Å². The van der Waals surface area contributed by atoms with Crippen LogP contribution in [0.1, 0.15) is 32.8 Å².